The third-order valence-electron chi connectivity index (χ3n) is 3.37. The molecule has 0 aliphatic heterocycles. The first-order valence-electron chi connectivity index (χ1n) is 7.35. The molecular formula is C16H20N2O3S2. The Balaban J connectivity index is 2.30. The molecule has 23 heavy (non-hydrogen) atoms. The van der Waals surface area contributed by atoms with E-state index in [1.807, 2.05) is 19.9 Å². The van der Waals surface area contributed by atoms with Gasteiger partial charge in [0.25, 0.3) is 15.9 Å². The van der Waals surface area contributed by atoms with Crippen molar-refractivity contribution < 1.29 is 13.2 Å². The maximum Gasteiger partial charge on any atom is 0.276 e. The van der Waals surface area contributed by atoms with E-state index in [4.69, 9.17) is 0 Å². The highest BCUT2D eigenvalue weighted by molar-refractivity contribution is 7.90. The molecule has 0 saturated carbocycles. The van der Waals surface area contributed by atoms with Gasteiger partial charge in [-0.05, 0) is 50.8 Å². The van der Waals surface area contributed by atoms with Crippen LogP contribution in [0.4, 0.5) is 0 Å². The summed E-state index contributed by atoms with van der Waals surface area (Å²) >= 11 is 1.25. The molecule has 2 rings (SSSR count). The molecule has 0 bridgehead atoms. The summed E-state index contributed by atoms with van der Waals surface area (Å²) in [6.45, 7) is 7.26. The van der Waals surface area contributed by atoms with Gasteiger partial charge >= 0.3 is 0 Å². The van der Waals surface area contributed by atoms with Crippen molar-refractivity contribution in [2.45, 2.75) is 45.4 Å². The molecule has 5 nitrogen and oxygen atoms in total. The first-order chi connectivity index (χ1) is 10.7. The first kappa shape index (κ1) is 17.6. The zero-order valence-electron chi connectivity index (χ0n) is 13.6. The van der Waals surface area contributed by atoms with Crippen LogP contribution in [0, 0.1) is 20.8 Å². The third-order valence-corrected chi connectivity index (χ3v) is 6.06. The van der Waals surface area contributed by atoms with E-state index < -0.39 is 15.9 Å². The second-order valence-corrected chi connectivity index (χ2v) is 8.21. The minimum absolute atomic E-state index is 0.127. The van der Waals surface area contributed by atoms with E-state index in [0.29, 0.717) is 16.1 Å². The number of nitrogens with one attached hydrogen (secondary N) is 1. The predicted octanol–water partition coefficient (Wildman–Crippen LogP) is 3.14. The van der Waals surface area contributed by atoms with Gasteiger partial charge < -0.3 is 0 Å². The van der Waals surface area contributed by atoms with Crippen LogP contribution < -0.4 is 4.72 Å². The lowest BCUT2D eigenvalue weighted by molar-refractivity contribution is 0.0984. The van der Waals surface area contributed by atoms with Gasteiger partial charge in [0, 0.05) is 0 Å². The molecule has 1 heterocycles. The lowest BCUT2D eigenvalue weighted by Crippen LogP contribution is -2.31. The van der Waals surface area contributed by atoms with Crippen molar-refractivity contribution in [1.29, 1.82) is 0 Å². The van der Waals surface area contributed by atoms with Crippen LogP contribution in [0.2, 0.25) is 0 Å². The quantitative estimate of drug-likeness (QED) is 0.897. The summed E-state index contributed by atoms with van der Waals surface area (Å²) in [5, 5.41) is 0.847. The molecule has 1 aromatic carbocycles. The maximum atomic E-state index is 12.5. The largest absolute Gasteiger partial charge is 0.276 e. The normalized spacial score (nSPS) is 11.5. The van der Waals surface area contributed by atoms with Crippen LogP contribution in [0.1, 0.15) is 44.8 Å². The number of aromatic nitrogens is 1. The summed E-state index contributed by atoms with van der Waals surface area (Å²) in [6.07, 6.45) is 1.71. The standard InChI is InChI=1S/C16H20N2O3S2/c1-5-6-14-17-12(4)15(22-14)16(19)18-23(20,21)13-9-10(2)7-8-11(13)3/h7-9H,5-6H2,1-4H3,(H,18,19). The van der Waals surface area contributed by atoms with Gasteiger partial charge in [-0.1, -0.05) is 19.1 Å². The number of hydrogen-bond acceptors (Lipinski definition) is 5. The van der Waals surface area contributed by atoms with Crippen LogP contribution in [0.5, 0.6) is 0 Å². The second-order valence-electron chi connectivity index (χ2n) is 5.48. The second kappa shape index (κ2) is 6.80. The van der Waals surface area contributed by atoms with Gasteiger partial charge in [0.1, 0.15) is 4.88 Å². The fourth-order valence-corrected chi connectivity index (χ4v) is 4.62. The molecule has 1 amide bonds. The molecule has 0 spiro atoms. The monoisotopic (exact) mass is 352 g/mol. The van der Waals surface area contributed by atoms with Crippen molar-refractivity contribution in [2.75, 3.05) is 0 Å². The van der Waals surface area contributed by atoms with Crippen LogP contribution in [-0.4, -0.2) is 19.3 Å². The number of carbonyl (C=O) groups is 1. The summed E-state index contributed by atoms with van der Waals surface area (Å²) in [7, 11) is -3.90. The molecule has 124 valence electrons. The molecule has 1 aromatic heterocycles. The molecule has 7 heteroatoms. The number of aryl methyl sites for hydroxylation is 4. The topological polar surface area (TPSA) is 76.1 Å². The minimum Gasteiger partial charge on any atom is -0.267 e. The number of benzene rings is 1. The van der Waals surface area contributed by atoms with Crippen molar-refractivity contribution in [3.05, 3.63) is 44.9 Å². The molecular weight excluding hydrogens is 332 g/mol. The SMILES string of the molecule is CCCc1nc(C)c(C(=O)NS(=O)(=O)c2cc(C)ccc2C)s1. The number of nitrogens with zero attached hydrogens (tertiary/aromatic N) is 1. The van der Waals surface area contributed by atoms with Crippen molar-refractivity contribution in [1.82, 2.24) is 9.71 Å². The Kier molecular flexibility index (Phi) is 5.21. The molecule has 1 N–H and O–H groups in total. The number of amides is 1. The zero-order chi connectivity index (χ0) is 17.2. The van der Waals surface area contributed by atoms with Gasteiger partial charge in [-0.15, -0.1) is 11.3 Å². The first-order valence-corrected chi connectivity index (χ1v) is 9.65. The van der Waals surface area contributed by atoms with Gasteiger partial charge in [0.15, 0.2) is 0 Å². The number of thiazole rings is 1. The molecule has 0 saturated heterocycles. The van der Waals surface area contributed by atoms with E-state index in [1.54, 1.807) is 26.0 Å². The third kappa shape index (κ3) is 3.97. The van der Waals surface area contributed by atoms with Crippen molar-refractivity contribution in [2.24, 2.45) is 0 Å². The molecule has 0 fully saturated rings. The smallest absolute Gasteiger partial charge is 0.267 e. The van der Waals surface area contributed by atoms with Crippen molar-refractivity contribution in [3.8, 4) is 0 Å². The van der Waals surface area contributed by atoms with Gasteiger partial charge in [0.05, 0.1) is 15.6 Å². The Hall–Kier alpha value is -1.73. The molecule has 0 radical (unpaired) electrons. The van der Waals surface area contributed by atoms with E-state index in [2.05, 4.69) is 9.71 Å². The highest BCUT2D eigenvalue weighted by Crippen LogP contribution is 2.21. The Morgan fingerprint density at radius 1 is 1.26 bits per heavy atom. The van der Waals surface area contributed by atoms with Crippen LogP contribution >= 0.6 is 11.3 Å². The van der Waals surface area contributed by atoms with Crippen LogP contribution in [0.25, 0.3) is 0 Å². The van der Waals surface area contributed by atoms with Gasteiger partial charge in [0.2, 0.25) is 0 Å². The summed E-state index contributed by atoms with van der Waals surface area (Å²) in [5.74, 6) is -0.622. The summed E-state index contributed by atoms with van der Waals surface area (Å²) in [4.78, 5) is 17.1. The van der Waals surface area contributed by atoms with Gasteiger partial charge in [-0.25, -0.2) is 18.1 Å². The average Bonchev–Trinajstić information content (AvgIpc) is 2.82. The molecule has 2 aromatic rings. The summed E-state index contributed by atoms with van der Waals surface area (Å²) in [6, 6.07) is 5.12. The molecule has 0 unspecified atom stereocenters. The molecule has 0 aliphatic rings. The number of rotatable bonds is 5. The maximum absolute atomic E-state index is 12.5. The van der Waals surface area contributed by atoms with E-state index >= 15 is 0 Å². The van der Waals surface area contributed by atoms with Crippen molar-refractivity contribution >= 4 is 27.3 Å². The lowest BCUT2D eigenvalue weighted by Gasteiger charge is -2.09. The highest BCUT2D eigenvalue weighted by Gasteiger charge is 2.23. The Labute approximate surface area is 140 Å². The molecule has 0 aliphatic carbocycles. The highest BCUT2D eigenvalue weighted by atomic mass is 32.2. The Morgan fingerprint density at radius 3 is 2.61 bits per heavy atom. The van der Waals surface area contributed by atoms with E-state index in [0.717, 1.165) is 23.4 Å². The lowest BCUT2D eigenvalue weighted by atomic mass is 10.2. The Morgan fingerprint density at radius 2 is 1.96 bits per heavy atom. The van der Waals surface area contributed by atoms with Crippen molar-refractivity contribution in [3.63, 3.8) is 0 Å². The Bertz CT molecular complexity index is 839. The van der Waals surface area contributed by atoms with E-state index in [-0.39, 0.29) is 4.90 Å². The predicted molar refractivity (Wildman–Crippen MR) is 91.4 cm³/mol. The van der Waals surface area contributed by atoms with E-state index in [1.165, 1.54) is 11.3 Å². The minimum atomic E-state index is -3.90. The summed E-state index contributed by atoms with van der Waals surface area (Å²) in [5.41, 5.74) is 1.98. The fraction of sp³-hybridized carbons (Fsp3) is 0.375. The number of carbonyl (C=O) groups excluding carboxylic acids is 1. The zero-order valence-corrected chi connectivity index (χ0v) is 15.3. The van der Waals surface area contributed by atoms with E-state index in [9.17, 15) is 13.2 Å². The molecule has 0 atom stereocenters. The summed E-state index contributed by atoms with van der Waals surface area (Å²) < 4.78 is 27.1. The number of hydrogen-bond donors (Lipinski definition) is 1. The number of sulfonamides is 1. The average molecular weight is 352 g/mol. The van der Waals surface area contributed by atoms with Crippen LogP contribution in [-0.2, 0) is 16.4 Å². The fourth-order valence-electron chi connectivity index (χ4n) is 2.20. The van der Waals surface area contributed by atoms with Gasteiger partial charge in [-0.3, -0.25) is 4.79 Å². The van der Waals surface area contributed by atoms with Crippen LogP contribution in [0.3, 0.4) is 0 Å². The van der Waals surface area contributed by atoms with Crippen LogP contribution in [0.15, 0.2) is 23.1 Å². The van der Waals surface area contributed by atoms with Gasteiger partial charge in [-0.2, -0.15) is 0 Å².